The molecule has 3 nitrogen and oxygen atoms in total. The second-order valence-corrected chi connectivity index (χ2v) is 5.78. The fourth-order valence-corrected chi connectivity index (χ4v) is 3.14. The first-order valence-electron chi connectivity index (χ1n) is 7.23. The van der Waals surface area contributed by atoms with Crippen LogP contribution in [0.25, 0.3) is 0 Å². The minimum absolute atomic E-state index is 0.352. The van der Waals surface area contributed by atoms with Crippen molar-refractivity contribution in [1.29, 1.82) is 0 Å². The van der Waals surface area contributed by atoms with Crippen molar-refractivity contribution in [2.24, 2.45) is 5.92 Å². The first kappa shape index (κ1) is 12.9. The smallest absolute Gasteiger partial charge is 0.222 e. The number of nitrogens with zero attached hydrogens (tertiary/aromatic N) is 1. The molecule has 1 amide bonds. The van der Waals surface area contributed by atoms with Crippen molar-refractivity contribution in [2.45, 2.75) is 57.4 Å². The maximum atomic E-state index is 12.1. The minimum atomic E-state index is 0.352. The topological polar surface area (TPSA) is 32.3 Å². The molecule has 0 bridgehead atoms. The molecule has 1 N–H and O–H groups in total. The van der Waals surface area contributed by atoms with E-state index in [4.69, 9.17) is 0 Å². The zero-order valence-electron chi connectivity index (χ0n) is 11.1. The average Bonchev–Trinajstić information content (AvgIpc) is 2.83. The largest absolute Gasteiger partial charge is 0.344 e. The second-order valence-electron chi connectivity index (χ2n) is 5.78. The van der Waals surface area contributed by atoms with E-state index in [1.54, 1.807) is 0 Å². The molecule has 2 aliphatic rings. The van der Waals surface area contributed by atoms with Crippen molar-refractivity contribution < 1.29 is 4.79 Å². The van der Waals surface area contributed by atoms with Crippen LogP contribution in [0.15, 0.2) is 0 Å². The normalized spacial score (nSPS) is 26.1. The van der Waals surface area contributed by atoms with E-state index in [2.05, 4.69) is 5.32 Å². The summed E-state index contributed by atoms with van der Waals surface area (Å²) in [5.41, 5.74) is 0. The van der Waals surface area contributed by atoms with Gasteiger partial charge >= 0.3 is 0 Å². The molecule has 0 aromatic heterocycles. The van der Waals surface area contributed by atoms with Gasteiger partial charge in [-0.25, -0.2) is 0 Å². The molecule has 2 fully saturated rings. The van der Waals surface area contributed by atoms with E-state index in [0.29, 0.717) is 17.9 Å². The summed E-state index contributed by atoms with van der Waals surface area (Å²) < 4.78 is 0. The molecule has 1 unspecified atom stereocenters. The van der Waals surface area contributed by atoms with E-state index in [9.17, 15) is 4.79 Å². The van der Waals surface area contributed by atoms with Crippen LogP contribution in [0.2, 0.25) is 0 Å². The number of carbonyl (C=O) groups excluding carboxylic acids is 1. The lowest BCUT2D eigenvalue weighted by atomic mass is 9.86. The van der Waals surface area contributed by atoms with E-state index in [-0.39, 0.29) is 0 Å². The van der Waals surface area contributed by atoms with Gasteiger partial charge in [0, 0.05) is 26.1 Å². The zero-order valence-corrected chi connectivity index (χ0v) is 11.1. The van der Waals surface area contributed by atoms with E-state index in [1.807, 2.05) is 11.9 Å². The lowest BCUT2D eigenvalue weighted by molar-refractivity contribution is -0.131. The average molecular weight is 238 g/mol. The van der Waals surface area contributed by atoms with Crippen molar-refractivity contribution in [3.05, 3.63) is 0 Å². The molecule has 1 heterocycles. The fraction of sp³-hybridized carbons (Fsp3) is 0.929. The number of carbonyl (C=O) groups is 1. The summed E-state index contributed by atoms with van der Waals surface area (Å²) in [5, 5.41) is 3.45. The predicted octanol–water partition coefficient (Wildman–Crippen LogP) is 2.17. The summed E-state index contributed by atoms with van der Waals surface area (Å²) in [5.74, 6) is 1.01. The van der Waals surface area contributed by atoms with Crippen molar-refractivity contribution in [1.82, 2.24) is 10.2 Å². The van der Waals surface area contributed by atoms with Crippen LogP contribution in [0.4, 0.5) is 0 Å². The third-order valence-corrected chi connectivity index (χ3v) is 4.27. The standard InChI is InChI=1S/C14H26N2O/c1-16(11-13-8-5-9-15-13)14(17)10-12-6-3-2-4-7-12/h12-13,15H,2-11H2,1H3. The van der Waals surface area contributed by atoms with Crippen LogP contribution in [0.5, 0.6) is 0 Å². The Morgan fingerprint density at radius 2 is 1.94 bits per heavy atom. The van der Waals surface area contributed by atoms with Crippen LogP contribution in [0.1, 0.15) is 51.4 Å². The zero-order chi connectivity index (χ0) is 12.1. The first-order chi connectivity index (χ1) is 8.25. The van der Waals surface area contributed by atoms with Gasteiger partial charge in [-0.05, 0) is 38.1 Å². The summed E-state index contributed by atoms with van der Waals surface area (Å²) in [6.07, 6.45) is 9.81. The number of hydrogen-bond acceptors (Lipinski definition) is 2. The van der Waals surface area contributed by atoms with Crippen LogP contribution in [-0.4, -0.2) is 37.0 Å². The molecular weight excluding hydrogens is 212 g/mol. The molecule has 0 aromatic carbocycles. The van der Waals surface area contributed by atoms with E-state index in [0.717, 1.165) is 19.5 Å². The van der Waals surface area contributed by atoms with Crippen LogP contribution in [0, 0.1) is 5.92 Å². The van der Waals surface area contributed by atoms with Crippen LogP contribution >= 0.6 is 0 Å². The Morgan fingerprint density at radius 1 is 1.18 bits per heavy atom. The van der Waals surface area contributed by atoms with Gasteiger partial charge in [-0.2, -0.15) is 0 Å². The Bertz CT molecular complexity index is 243. The number of nitrogens with one attached hydrogen (secondary N) is 1. The Balaban J connectivity index is 1.70. The van der Waals surface area contributed by atoms with Gasteiger partial charge in [0.1, 0.15) is 0 Å². The van der Waals surface area contributed by atoms with Crippen molar-refractivity contribution in [3.8, 4) is 0 Å². The van der Waals surface area contributed by atoms with E-state index >= 15 is 0 Å². The van der Waals surface area contributed by atoms with E-state index in [1.165, 1.54) is 44.9 Å². The molecule has 0 radical (unpaired) electrons. The fourth-order valence-electron chi connectivity index (χ4n) is 3.14. The Kier molecular flexibility index (Phi) is 4.84. The van der Waals surface area contributed by atoms with Gasteiger partial charge in [-0.15, -0.1) is 0 Å². The number of rotatable bonds is 4. The monoisotopic (exact) mass is 238 g/mol. The Hall–Kier alpha value is -0.570. The molecule has 1 atom stereocenters. The van der Waals surface area contributed by atoms with Gasteiger partial charge < -0.3 is 10.2 Å². The molecular formula is C14H26N2O. The Labute approximate surface area is 105 Å². The predicted molar refractivity (Wildman–Crippen MR) is 69.9 cm³/mol. The Morgan fingerprint density at radius 3 is 2.59 bits per heavy atom. The highest BCUT2D eigenvalue weighted by Gasteiger charge is 2.22. The molecule has 17 heavy (non-hydrogen) atoms. The molecule has 1 saturated carbocycles. The van der Waals surface area contributed by atoms with Crippen LogP contribution in [0.3, 0.4) is 0 Å². The SMILES string of the molecule is CN(CC1CCCN1)C(=O)CC1CCCCC1. The summed E-state index contributed by atoms with van der Waals surface area (Å²) >= 11 is 0. The van der Waals surface area contributed by atoms with Crippen LogP contribution in [-0.2, 0) is 4.79 Å². The van der Waals surface area contributed by atoms with Crippen molar-refractivity contribution in [3.63, 3.8) is 0 Å². The van der Waals surface area contributed by atoms with Crippen LogP contribution < -0.4 is 5.32 Å². The van der Waals surface area contributed by atoms with Gasteiger partial charge in [0.05, 0.1) is 0 Å². The molecule has 98 valence electrons. The van der Waals surface area contributed by atoms with Gasteiger partial charge in [0.15, 0.2) is 0 Å². The highest BCUT2D eigenvalue weighted by molar-refractivity contribution is 5.76. The van der Waals surface area contributed by atoms with Gasteiger partial charge in [0.2, 0.25) is 5.91 Å². The third-order valence-electron chi connectivity index (χ3n) is 4.27. The molecule has 0 spiro atoms. The molecule has 2 rings (SSSR count). The summed E-state index contributed by atoms with van der Waals surface area (Å²) in [6, 6.07) is 0.537. The third kappa shape index (κ3) is 3.98. The molecule has 1 aliphatic carbocycles. The summed E-state index contributed by atoms with van der Waals surface area (Å²) in [4.78, 5) is 14.0. The number of amides is 1. The van der Waals surface area contributed by atoms with Gasteiger partial charge in [-0.1, -0.05) is 19.3 Å². The van der Waals surface area contributed by atoms with Gasteiger partial charge in [0.25, 0.3) is 0 Å². The molecule has 1 aliphatic heterocycles. The maximum Gasteiger partial charge on any atom is 0.222 e. The number of likely N-dealkylation sites (N-methyl/N-ethyl adjacent to an activating group) is 1. The minimum Gasteiger partial charge on any atom is -0.344 e. The van der Waals surface area contributed by atoms with Crippen molar-refractivity contribution in [2.75, 3.05) is 20.1 Å². The second kappa shape index (κ2) is 6.39. The maximum absolute atomic E-state index is 12.1. The lowest BCUT2D eigenvalue weighted by Crippen LogP contribution is -2.39. The molecule has 0 aromatic rings. The lowest BCUT2D eigenvalue weighted by Gasteiger charge is -2.26. The quantitative estimate of drug-likeness (QED) is 0.814. The highest BCUT2D eigenvalue weighted by atomic mass is 16.2. The summed E-state index contributed by atoms with van der Waals surface area (Å²) in [7, 11) is 1.96. The number of hydrogen-bond donors (Lipinski definition) is 1. The summed E-state index contributed by atoms with van der Waals surface area (Å²) in [6.45, 7) is 2.01. The van der Waals surface area contributed by atoms with Gasteiger partial charge in [-0.3, -0.25) is 4.79 Å². The van der Waals surface area contributed by atoms with E-state index < -0.39 is 0 Å². The highest BCUT2D eigenvalue weighted by Crippen LogP contribution is 2.26. The molecule has 3 heteroatoms. The van der Waals surface area contributed by atoms with Crippen molar-refractivity contribution >= 4 is 5.91 Å². The molecule has 1 saturated heterocycles. The first-order valence-corrected chi connectivity index (χ1v) is 7.23.